The van der Waals surface area contributed by atoms with Crippen LogP contribution in [0.15, 0.2) is 58.8 Å². The van der Waals surface area contributed by atoms with E-state index in [1.807, 2.05) is 24.3 Å². The van der Waals surface area contributed by atoms with E-state index < -0.39 is 0 Å². The number of carbonyl (C=O) groups excluding carboxylic acids is 1. The highest BCUT2D eigenvalue weighted by atomic mass is 32.1. The molecule has 0 bridgehead atoms. The van der Waals surface area contributed by atoms with Gasteiger partial charge in [-0.3, -0.25) is 4.79 Å². The molecule has 0 unspecified atom stereocenters. The molecule has 25 heavy (non-hydrogen) atoms. The quantitative estimate of drug-likeness (QED) is 0.239. The van der Waals surface area contributed by atoms with Gasteiger partial charge in [-0.25, -0.2) is 0 Å². The first-order valence-electron chi connectivity index (χ1n) is 8.55. The number of rotatable bonds is 10. The number of nitrogens with zero attached hydrogens (tertiary/aromatic N) is 2. The topological polar surface area (TPSA) is 51.0 Å². The van der Waals surface area contributed by atoms with E-state index >= 15 is 0 Å². The highest BCUT2D eigenvalue weighted by Crippen LogP contribution is 2.22. The van der Waals surface area contributed by atoms with Gasteiger partial charge in [0.1, 0.15) is 5.75 Å². The standard InChI is InChI=1S/C20H24N2O2S/c1-16(23)17-6-8-18(9-7-17)21-22-19-10-12-20(13-11-19)24-14-4-2-3-5-15-25/h6-13,25H,2-5,14-15H2,1H3. The van der Waals surface area contributed by atoms with Crippen molar-refractivity contribution in [1.82, 2.24) is 0 Å². The summed E-state index contributed by atoms with van der Waals surface area (Å²) < 4.78 is 5.72. The van der Waals surface area contributed by atoms with Crippen LogP contribution in [0.1, 0.15) is 43.0 Å². The van der Waals surface area contributed by atoms with E-state index in [1.165, 1.54) is 19.3 Å². The van der Waals surface area contributed by atoms with Crippen molar-refractivity contribution in [2.45, 2.75) is 32.6 Å². The van der Waals surface area contributed by atoms with Crippen molar-refractivity contribution in [2.24, 2.45) is 10.2 Å². The molecule has 2 aromatic rings. The Kier molecular flexibility index (Phi) is 8.19. The maximum Gasteiger partial charge on any atom is 0.159 e. The van der Waals surface area contributed by atoms with E-state index in [0.717, 1.165) is 30.2 Å². The summed E-state index contributed by atoms with van der Waals surface area (Å²) in [6.45, 7) is 2.28. The Labute approximate surface area is 154 Å². The fourth-order valence-corrected chi connectivity index (χ4v) is 2.47. The Balaban J connectivity index is 1.80. The lowest BCUT2D eigenvalue weighted by Crippen LogP contribution is -1.96. The number of azo groups is 1. The number of Topliss-reactive ketones (excluding diaryl/α,β-unsaturated/α-hetero) is 1. The summed E-state index contributed by atoms with van der Waals surface area (Å²) in [4.78, 5) is 11.2. The fraction of sp³-hybridized carbons (Fsp3) is 0.350. The van der Waals surface area contributed by atoms with E-state index in [0.29, 0.717) is 11.3 Å². The van der Waals surface area contributed by atoms with Crippen LogP contribution in [0.5, 0.6) is 5.75 Å². The summed E-state index contributed by atoms with van der Waals surface area (Å²) in [6, 6.07) is 14.6. The molecule has 0 heterocycles. The zero-order valence-electron chi connectivity index (χ0n) is 14.5. The van der Waals surface area contributed by atoms with Crippen LogP contribution in [0, 0.1) is 0 Å². The van der Waals surface area contributed by atoms with Gasteiger partial charge in [0.25, 0.3) is 0 Å². The third kappa shape index (κ3) is 7.10. The molecule has 0 atom stereocenters. The van der Waals surface area contributed by atoms with Gasteiger partial charge >= 0.3 is 0 Å². The zero-order valence-corrected chi connectivity index (χ0v) is 15.4. The van der Waals surface area contributed by atoms with E-state index in [9.17, 15) is 4.79 Å². The van der Waals surface area contributed by atoms with Crippen LogP contribution >= 0.6 is 12.6 Å². The lowest BCUT2D eigenvalue weighted by molar-refractivity contribution is 0.101. The Bertz CT molecular complexity index is 682. The average molecular weight is 356 g/mol. The van der Waals surface area contributed by atoms with Gasteiger partial charge in [0.2, 0.25) is 0 Å². The number of thiol groups is 1. The molecule has 0 saturated heterocycles. The van der Waals surface area contributed by atoms with E-state index in [1.54, 1.807) is 31.2 Å². The molecule has 0 aliphatic heterocycles. The van der Waals surface area contributed by atoms with Crippen molar-refractivity contribution in [3.63, 3.8) is 0 Å². The summed E-state index contributed by atoms with van der Waals surface area (Å²) in [6.07, 6.45) is 4.61. The number of ether oxygens (including phenoxy) is 1. The largest absolute Gasteiger partial charge is 0.494 e. The molecule has 0 spiro atoms. The van der Waals surface area contributed by atoms with Gasteiger partial charge in [-0.15, -0.1) is 0 Å². The molecular weight excluding hydrogens is 332 g/mol. The molecule has 132 valence electrons. The van der Waals surface area contributed by atoms with Crippen LogP contribution in [0.2, 0.25) is 0 Å². The highest BCUT2D eigenvalue weighted by molar-refractivity contribution is 7.80. The number of benzene rings is 2. The third-order valence-corrected chi connectivity index (χ3v) is 4.03. The number of carbonyl (C=O) groups is 1. The number of hydrogen-bond donors (Lipinski definition) is 1. The maximum absolute atomic E-state index is 11.2. The molecule has 2 aromatic carbocycles. The monoisotopic (exact) mass is 356 g/mol. The van der Waals surface area contributed by atoms with Gasteiger partial charge in [-0.05, 0) is 74.0 Å². The smallest absolute Gasteiger partial charge is 0.159 e. The molecule has 0 saturated carbocycles. The molecule has 5 heteroatoms. The summed E-state index contributed by atoms with van der Waals surface area (Å²) in [5.41, 5.74) is 2.15. The summed E-state index contributed by atoms with van der Waals surface area (Å²) in [5.74, 6) is 1.84. The Morgan fingerprint density at radius 1 is 0.880 bits per heavy atom. The molecule has 2 rings (SSSR count). The molecule has 0 N–H and O–H groups in total. The summed E-state index contributed by atoms with van der Waals surface area (Å²) in [7, 11) is 0. The van der Waals surface area contributed by atoms with Crippen molar-refractivity contribution in [3.05, 3.63) is 54.1 Å². The van der Waals surface area contributed by atoms with E-state index in [-0.39, 0.29) is 5.78 Å². The van der Waals surface area contributed by atoms with Crippen molar-refractivity contribution >= 4 is 29.8 Å². The second kappa shape index (κ2) is 10.7. The molecule has 0 fully saturated rings. The van der Waals surface area contributed by atoms with E-state index in [2.05, 4.69) is 22.9 Å². The first-order valence-corrected chi connectivity index (χ1v) is 9.19. The predicted molar refractivity (Wildman–Crippen MR) is 105 cm³/mol. The van der Waals surface area contributed by atoms with Crippen LogP contribution in [-0.2, 0) is 0 Å². The molecule has 0 amide bonds. The number of ketones is 1. The fourth-order valence-electron chi connectivity index (χ4n) is 2.24. The van der Waals surface area contributed by atoms with Crippen molar-refractivity contribution < 1.29 is 9.53 Å². The first kappa shape index (κ1) is 19.2. The Hall–Kier alpha value is -2.14. The van der Waals surface area contributed by atoms with Gasteiger partial charge in [0.15, 0.2) is 5.78 Å². The van der Waals surface area contributed by atoms with Gasteiger partial charge in [0.05, 0.1) is 18.0 Å². The average Bonchev–Trinajstić information content (AvgIpc) is 2.64. The predicted octanol–water partition coefficient (Wildman–Crippen LogP) is 6.17. The Morgan fingerprint density at radius 3 is 2.00 bits per heavy atom. The van der Waals surface area contributed by atoms with Gasteiger partial charge in [0, 0.05) is 5.56 Å². The van der Waals surface area contributed by atoms with Crippen LogP contribution in [0.4, 0.5) is 11.4 Å². The minimum absolute atomic E-state index is 0.0424. The molecular formula is C20H24N2O2S. The maximum atomic E-state index is 11.2. The van der Waals surface area contributed by atoms with Gasteiger partial charge in [-0.1, -0.05) is 12.8 Å². The molecule has 4 nitrogen and oxygen atoms in total. The zero-order chi connectivity index (χ0) is 17.9. The number of hydrogen-bond acceptors (Lipinski definition) is 5. The Morgan fingerprint density at radius 2 is 1.44 bits per heavy atom. The second-order valence-electron chi connectivity index (χ2n) is 5.78. The minimum atomic E-state index is 0.0424. The molecule has 0 aromatic heterocycles. The second-order valence-corrected chi connectivity index (χ2v) is 6.23. The molecule has 0 aliphatic carbocycles. The SMILES string of the molecule is CC(=O)c1ccc(N=Nc2ccc(OCCCCCCS)cc2)cc1. The first-order chi connectivity index (χ1) is 12.2. The van der Waals surface area contributed by atoms with E-state index in [4.69, 9.17) is 4.74 Å². The van der Waals surface area contributed by atoms with Crippen LogP contribution in [-0.4, -0.2) is 18.1 Å². The normalized spacial score (nSPS) is 11.0. The van der Waals surface area contributed by atoms with Crippen LogP contribution in [0.3, 0.4) is 0 Å². The molecule has 0 aliphatic rings. The van der Waals surface area contributed by atoms with Gasteiger partial charge < -0.3 is 4.74 Å². The summed E-state index contributed by atoms with van der Waals surface area (Å²) >= 11 is 4.20. The summed E-state index contributed by atoms with van der Waals surface area (Å²) in [5, 5.41) is 8.38. The van der Waals surface area contributed by atoms with Crippen LogP contribution < -0.4 is 4.74 Å². The van der Waals surface area contributed by atoms with Crippen LogP contribution in [0.25, 0.3) is 0 Å². The van der Waals surface area contributed by atoms with Crippen molar-refractivity contribution in [3.8, 4) is 5.75 Å². The minimum Gasteiger partial charge on any atom is -0.494 e. The lowest BCUT2D eigenvalue weighted by Gasteiger charge is -2.05. The van der Waals surface area contributed by atoms with Crippen molar-refractivity contribution in [1.29, 1.82) is 0 Å². The number of unbranched alkanes of at least 4 members (excludes halogenated alkanes) is 3. The molecule has 0 radical (unpaired) electrons. The highest BCUT2D eigenvalue weighted by Gasteiger charge is 1.99. The lowest BCUT2D eigenvalue weighted by atomic mass is 10.1. The third-order valence-electron chi connectivity index (χ3n) is 3.71. The van der Waals surface area contributed by atoms with Crippen molar-refractivity contribution in [2.75, 3.05) is 12.4 Å². The van der Waals surface area contributed by atoms with Gasteiger partial charge in [-0.2, -0.15) is 22.9 Å².